The van der Waals surface area contributed by atoms with E-state index in [1.54, 1.807) is 6.92 Å². The number of hydrogen-bond donors (Lipinski definition) is 2. The van der Waals surface area contributed by atoms with Crippen molar-refractivity contribution in [2.24, 2.45) is 5.73 Å². The van der Waals surface area contributed by atoms with E-state index in [2.05, 4.69) is 5.32 Å². The smallest absolute Gasteiger partial charge is 0.341 e. The molecule has 1 amide bonds. The molecule has 1 fully saturated rings. The molecule has 3 N–H and O–H groups in total. The number of aryl methyl sites for hydroxylation is 1. The largest absolute Gasteiger partial charge is 0.462 e. The molecule has 20 heavy (non-hydrogen) atoms. The van der Waals surface area contributed by atoms with Crippen molar-refractivity contribution in [2.75, 3.05) is 11.9 Å². The van der Waals surface area contributed by atoms with Gasteiger partial charge in [-0.1, -0.05) is 0 Å². The molecule has 0 radical (unpaired) electrons. The highest BCUT2D eigenvalue weighted by atomic mass is 32.1. The zero-order chi connectivity index (χ0) is 14.9. The van der Waals surface area contributed by atoms with Crippen molar-refractivity contribution in [3.8, 4) is 0 Å². The van der Waals surface area contributed by atoms with Gasteiger partial charge in [-0.25, -0.2) is 4.79 Å². The molecule has 0 aromatic carbocycles. The van der Waals surface area contributed by atoms with E-state index >= 15 is 0 Å². The molecular weight excluding hydrogens is 276 g/mol. The topological polar surface area (TPSA) is 81.4 Å². The molecule has 0 spiro atoms. The lowest BCUT2D eigenvalue weighted by atomic mass is 9.77. The first-order valence-corrected chi connectivity index (χ1v) is 7.58. The zero-order valence-corrected chi connectivity index (χ0v) is 12.9. The second-order valence-corrected chi connectivity index (χ2v) is 6.40. The molecule has 110 valence electrons. The Bertz CT molecular complexity index is 547. The number of esters is 1. The molecule has 1 aromatic heterocycles. The second kappa shape index (κ2) is 5.54. The molecule has 1 heterocycles. The van der Waals surface area contributed by atoms with Gasteiger partial charge in [0.15, 0.2) is 0 Å². The predicted octanol–water partition coefficient (Wildman–Crippen LogP) is 2.36. The fourth-order valence-electron chi connectivity index (χ4n) is 2.18. The number of nitrogens with one attached hydrogen (secondary N) is 1. The Hall–Kier alpha value is -1.40. The molecule has 0 saturated heterocycles. The maximum Gasteiger partial charge on any atom is 0.341 e. The van der Waals surface area contributed by atoms with Crippen LogP contribution in [0, 0.1) is 13.8 Å². The minimum atomic E-state index is -0.780. The lowest BCUT2D eigenvalue weighted by Gasteiger charge is -2.36. The molecule has 1 aromatic rings. The van der Waals surface area contributed by atoms with E-state index in [1.807, 2.05) is 13.8 Å². The van der Waals surface area contributed by atoms with Crippen LogP contribution in [-0.4, -0.2) is 24.0 Å². The zero-order valence-electron chi connectivity index (χ0n) is 12.0. The average Bonchev–Trinajstić information content (AvgIpc) is 2.62. The van der Waals surface area contributed by atoms with Crippen molar-refractivity contribution in [1.82, 2.24) is 0 Å². The van der Waals surface area contributed by atoms with Gasteiger partial charge in [0.1, 0.15) is 5.00 Å². The number of carbonyl (C=O) groups is 2. The van der Waals surface area contributed by atoms with Crippen molar-refractivity contribution >= 4 is 28.2 Å². The van der Waals surface area contributed by atoms with Crippen molar-refractivity contribution in [2.45, 2.75) is 45.6 Å². The number of carbonyl (C=O) groups excluding carboxylic acids is 2. The van der Waals surface area contributed by atoms with Gasteiger partial charge in [0.25, 0.3) is 0 Å². The summed E-state index contributed by atoms with van der Waals surface area (Å²) in [5.41, 5.74) is 6.52. The summed E-state index contributed by atoms with van der Waals surface area (Å²) >= 11 is 1.39. The normalized spacial score (nSPS) is 16.4. The third-order valence-corrected chi connectivity index (χ3v) is 4.91. The summed E-state index contributed by atoms with van der Waals surface area (Å²) in [6.45, 7) is 5.84. The summed E-state index contributed by atoms with van der Waals surface area (Å²) < 4.78 is 5.06. The van der Waals surface area contributed by atoms with Crippen LogP contribution in [0.4, 0.5) is 5.00 Å². The predicted molar refractivity (Wildman–Crippen MR) is 79.1 cm³/mol. The lowest BCUT2D eigenvalue weighted by Crippen LogP contribution is -2.56. The van der Waals surface area contributed by atoms with E-state index in [0.29, 0.717) is 30.0 Å². The Morgan fingerprint density at radius 3 is 2.55 bits per heavy atom. The van der Waals surface area contributed by atoms with Crippen LogP contribution in [0.1, 0.15) is 47.0 Å². The number of anilines is 1. The molecule has 0 unspecified atom stereocenters. The minimum Gasteiger partial charge on any atom is -0.462 e. The number of hydrogen-bond acceptors (Lipinski definition) is 5. The van der Waals surface area contributed by atoms with Crippen molar-refractivity contribution in [3.05, 3.63) is 16.0 Å². The molecule has 1 aliphatic carbocycles. The van der Waals surface area contributed by atoms with Crippen molar-refractivity contribution < 1.29 is 14.3 Å². The summed E-state index contributed by atoms with van der Waals surface area (Å²) in [5, 5.41) is 3.35. The summed E-state index contributed by atoms with van der Waals surface area (Å²) in [7, 11) is 0. The second-order valence-electron chi connectivity index (χ2n) is 5.17. The van der Waals surface area contributed by atoms with Crippen LogP contribution in [0.25, 0.3) is 0 Å². The highest BCUT2D eigenvalue weighted by Gasteiger charge is 2.40. The van der Waals surface area contributed by atoms with Crippen molar-refractivity contribution in [1.29, 1.82) is 0 Å². The van der Waals surface area contributed by atoms with Gasteiger partial charge < -0.3 is 15.8 Å². The first-order valence-electron chi connectivity index (χ1n) is 6.76. The summed E-state index contributed by atoms with van der Waals surface area (Å²) in [4.78, 5) is 25.2. The monoisotopic (exact) mass is 296 g/mol. The standard InChI is InChI=1S/C14H20N2O3S/c1-4-19-12(17)10-8(2)9(3)20-11(10)16-13(18)14(15)6-5-7-14/h4-7,15H2,1-3H3,(H,16,18). The Balaban J connectivity index is 2.25. The number of nitrogens with two attached hydrogens (primary N) is 1. The van der Waals surface area contributed by atoms with E-state index in [0.717, 1.165) is 16.9 Å². The maximum atomic E-state index is 12.2. The number of ether oxygens (including phenoxy) is 1. The Morgan fingerprint density at radius 1 is 1.40 bits per heavy atom. The fraction of sp³-hybridized carbons (Fsp3) is 0.571. The summed E-state index contributed by atoms with van der Waals surface area (Å²) in [6, 6.07) is 0. The minimum absolute atomic E-state index is 0.212. The number of amides is 1. The molecule has 0 atom stereocenters. The Labute approximate surface area is 122 Å². The van der Waals surface area contributed by atoms with E-state index in [4.69, 9.17) is 10.5 Å². The number of thiophene rings is 1. The maximum absolute atomic E-state index is 12.2. The van der Waals surface area contributed by atoms with Crippen LogP contribution in [0.3, 0.4) is 0 Å². The van der Waals surface area contributed by atoms with Gasteiger partial charge in [0.2, 0.25) is 5.91 Å². The van der Waals surface area contributed by atoms with Gasteiger partial charge in [-0.15, -0.1) is 11.3 Å². The van der Waals surface area contributed by atoms with E-state index in [1.165, 1.54) is 11.3 Å². The van der Waals surface area contributed by atoms with E-state index < -0.39 is 11.5 Å². The van der Waals surface area contributed by atoms with Gasteiger partial charge in [0, 0.05) is 4.88 Å². The van der Waals surface area contributed by atoms with Gasteiger partial charge in [0.05, 0.1) is 17.7 Å². The molecule has 1 aliphatic rings. The van der Waals surface area contributed by atoms with E-state index in [-0.39, 0.29) is 5.91 Å². The van der Waals surface area contributed by atoms with Crippen LogP contribution in [0.2, 0.25) is 0 Å². The molecular formula is C14H20N2O3S. The van der Waals surface area contributed by atoms with Crippen LogP contribution in [-0.2, 0) is 9.53 Å². The molecule has 0 aliphatic heterocycles. The third kappa shape index (κ3) is 2.58. The SMILES string of the molecule is CCOC(=O)c1c(NC(=O)C2(N)CCC2)sc(C)c1C. The quantitative estimate of drug-likeness (QED) is 0.836. The van der Waals surface area contributed by atoms with Crippen LogP contribution in [0.15, 0.2) is 0 Å². The summed E-state index contributed by atoms with van der Waals surface area (Å²) in [5.74, 6) is -0.611. The van der Waals surface area contributed by atoms with E-state index in [9.17, 15) is 9.59 Å². The first-order chi connectivity index (χ1) is 9.39. The van der Waals surface area contributed by atoms with Crippen LogP contribution < -0.4 is 11.1 Å². The van der Waals surface area contributed by atoms with Gasteiger partial charge >= 0.3 is 5.97 Å². The Kier molecular flexibility index (Phi) is 4.15. The van der Waals surface area contributed by atoms with Gasteiger partial charge in [-0.05, 0) is 45.6 Å². The lowest BCUT2D eigenvalue weighted by molar-refractivity contribution is -0.123. The molecule has 6 heteroatoms. The van der Waals surface area contributed by atoms with Crippen molar-refractivity contribution in [3.63, 3.8) is 0 Å². The molecule has 1 saturated carbocycles. The average molecular weight is 296 g/mol. The Morgan fingerprint density at radius 2 is 2.05 bits per heavy atom. The third-order valence-electron chi connectivity index (χ3n) is 3.79. The van der Waals surface area contributed by atoms with Gasteiger partial charge in [-0.3, -0.25) is 4.79 Å². The highest BCUT2D eigenvalue weighted by molar-refractivity contribution is 7.16. The highest BCUT2D eigenvalue weighted by Crippen LogP contribution is 2.35. The van der Waals surface area contributed by atoms with Crippen LogP contribution >= 0.6 is 11.3 Å². The number of rotatable bonds is 4. The fourth-order valence-corrected chi connectivity index (χ4v) is 3.22. The molecule has 2 rings (SSSR count). The first kappa shape index (κ1) is 15.0. The molecule has 0 bridgehead atoms. The van der Waals surface area contributed by atoms with Gasteiger partial charge in [-0.2, -0.15) is 0 Å². The molecule has 5 nitrogen and oxygen atoms in total. The van der Waals surface area contributed by atoms with Crippen LogP contribution in [0.5, 0.6) is 0 Å². The summed E-state index contributed by atoms with van der Waals surface area (Å²) in [6.07, 6.45) is 2.35.